The summed E-state index contributed by atoms with van der Waals surface area (Å²) in [5, 5.41) is 0.382. The largest absolute Gasteiger partial charge is 0.398 e. The zero-order valence-corrected chi connectivity index (χ0v) is 9.83. The standard InChI is InChI=1S/C12H15F2NS/c13-9-6-7-10(15)12(11(9)14)16-8-4-2-1-3-5-8/h6-8H,1-5,15H2. The number of thioether (sulfide) groups is 1. The van der Waals surface area contributed by atoms with E-state index in [2.05, 4.69) is 0 Å². The van der Waals surface area contributed by atoms with Crippen molar-refractivity contribution in [2.45, 2.75) is 42.2 Å². The number of nitrogens with two attached hydrogens (primary N) is 1. The summed E-state index contributed by atoms with van der Waals surface area (Å²) < 4.78 is 26.6. The summed E-state index contributed by atoms with van der Waals surface area (Å²) in [6.07, 6.45) is 5.74. The zero-order valence-electron chi connectivity index (χ0n) is 9.01. The van der Waals surface area contributed by atoms with Crippen LogP contribution in [-0.4, -0.2) is 5.25 Å². The Hall–Kier alpha value is -0.770. The minimum Gasteiger partial charge on any atom is -0.398 e. The van der Waals surface area contributed by atoms with Gasteiger partial charge in [0.25, 0.3) is 0 Å². The highest BCUT2D eigenvalue weighted by Gasteiger charge is 2.19. The van der Waals surface area contributed by atoms with Crippen LogP contribution in [0.1, 0.15) is 32.1 Å². The molecule has 1 fully saturated rings. The first-order valence-corrected chi connectivity index (χ1v) is 6.46. The topological polar surface area (TPSA) is 26.0 Å². The molecule has 0 aliphatic heterocycles. The summed E-state index contributed by atoms with van der Waals surface area (Å²) in [7, 11) is 0. The van der Waals surface area contributed by atoms with Crippen molar-refractivity contribution >= 4 is 17.4 Å². The van der Waals surface area contributed by atoms with Crippen LogP contribution in [0.25, 0.3) is 0 Å². The molecule has 0 unspecified atom stereocenters. The smallest absolute Gasteiger partial charge is 0.174 e. The fourth-order valence-corrected chi connectivity index (χ4v) is 3.32. The predicted octanol–water partition coefficient (Wildman–Crippen LogP) is 3.97. The molecule has 1 aromatic rings. The molecule has 1 aliphatic rings. The van der Waals surface area contributed by atoms with E-state index in [-0.39, 0.29) is 4.90 Å². The lowest BCUT2D eigenvalue weighted by molar-refractivity contribution is 0.489. The van der Waals surface area contributed by atoms with E-state index in [9.17, 15) is 8.78 Å². The number of nitrogen functional groups attached to an aromatic ring is 1. The number of halogens is 2. The third kappa shape index (κ3) is 2.48. The van der Waals surface area contributed by atoms with Gasteiger partial charge >= 0.3 is 0 Å². The zero-order chi connectivity index (χ0) is 11.5. The molecule has 0 amide bonds. The van der Waals surface area contributed by atoms with Crippen molar-refractivity contribution in [1.29, 1.82) is 0 Å². The maximum Gasteiger partial charge on any atom is 0.174 e. The average Bonchev–Trinajstić information content (AvgIpc) is 2.31. The van der Waals surface area contributed by atoms with Crippen LogP contribution in [0.5, 0.6) is 0 Å². The number of benzene rings is 1. The molecule has 4 heteroatoms. The molecule has 1 nitrogen and oxygen atoms in total. The highest BCUT2D eigenvalue weighted by atomic mass is 32.2. The highest BCUT2D eigenvalue weighted by molar-refractivity contribution is 8.00. The molecule has 16 heavy (non-hydrogen) atoms. The van der Waals surface area contributed by atoms with Crippen LogP contribution >= 0.6 is 11.8 Å². The Morgan fingerprint density at radius 2 is 1.81 bits per heavy atom. The Balaban J connectivity index is 2.16. The van der Waals surface area contributed by atoms with Gasteiger partial charge in [0.05, 0.1) is 4.90 Å². The minimum absolute atomic E-state index is 0.284. The molecule has 1 aromatic carbocycles. The highest BCUT2D eigenvalue weighted by Crippen LogP contribution is 2.38. The van der Waals surface area contributed by atoms with E-state index in [1.807, 2.05) is 0 Å². The van der Waals surface area contributed by atoms with Gasteiger partial charge in [-0.3, -0.25) is 0 Å². The van der Waals surface area contributed by atoms with Crippen molar-refractivity contribution in [1.82, 2.24) is 0 Å². The summed E-state index contributed by atoms with van der Waals surface area (Å²) in [6.45, 7) is 0. The van der Waals surface area contributed by atoms with Crippen LogP contribution in [0.4, 0.5) is 14.5 Å². The lowest BCUT2D eigenvalue weighted by atomic mass is 10.0. The summed E-state index contributed by atoms with van der Waals surface area (Å²) in [5.74, 6) is -1.61. The number of hydrogen-bond donors (Lipinski definition) is 1. The van der Waals surface area contributed by atoms with Gasteiger partial charge in [-0.05, 0) is 25.0 Å². The van der Waals surface area contributed by atoms with E-state index < -0.39 is 11.6 Å². The fourth-order valence-electron chi connectivity index (χ4n) is 2.02. The second-order valence-electron chi connectivity index (χ2n) is 4.16. The maximum absolute atomic E-state index is 13.5. The van der Waals surface area contributed by atoms with Crippen LogP contribution in [0.3, 0.4) is 0 Å². The molecular weight excluding hydrogens is 228 g/mol. The third-order valence-corrected chi connectivity index (χ3v) is 4.37. The first kappa shape index (κ1) is 11.7. The fraction of sp³-hybridized carbons (Fsp3) is 0.500. The van der Waals surface area contributed by atoms with Crippen LogP contribution in [-0.2, 0) is 0 Å². The number of hydrogen-bond acceptors (Lipinski definition) is 2. The normalized spacial score (nSPS) is 17.6. The van der Waals surface area contributed by atoms with Gasteiger partial charge in [-0.15, -0.1) is 11.8 Å². The Morgan fingerprint density at radius 3 is 2.50 bits per heavy atom. The summed E-state index contributed by atoms with van der Waals surface area (Å²) in [5.41, 5.74) is 6.02. The van der Waals surface area contributed by atoms with Gasteiger partial charge < -0.3 is 5.73 Å². The molecule has 88 valence electrons. The molecule has 2 rings (SSSR count). The van der Waals surface area contributed by atoms with Gasteiger partial charge in [0.15, 0.2) is 11.6 Å². The molecule has 0 aromatic heterocycles. The molecule has 1 aliphatic carbocycles. The Morgan fingerprint density at radius 1 is 1.12 bits per heavy atom. The molecule has 1 saturated carbocycles. The van der Waals surface area contributed by atoms with Crippen molar-refractivity contribution in [3.63, 3.8) is 0 Å². The third-order valence-electron chi connectivity index (χ3n) is 2.92. The van der Waals surface area contributed by atoms with Crippen molar-refractivity contribution < 1.29 is 8.78 Å². The van der Waals surface area contributed by atoms with E-state index in [1.54, 1.807) is 0 Å². The van der Waals surface area contributed by atoms with E-state index in [0.29, 0.717) is 10.9 Å². The van der Waals surface area contributed by atoms with Crippen LogP contribution < -0.4 is 5.73 Å². The summed E-state index contributed by atoms with van der Waals surface area (Å²) in [6, 6.07) is 2.51. The molecule has 0 atom stereocenters. The molecule has 0 spiro atoms. The van der Waals surface area contributed by atoms with Crippen molar-refractivity contribution in [3.05, 3.63) is 23.8 Å². The molecule has 0 saturated heterocycles. The Labute approximate surface area is 98.4 Å². The van der Waals surface area contributed by atoms with Gasteiger partial charge in [0.2, 0.25) is 0 Å². The molecule has 0 bridgehead atoms. The van der Waals surface area contributed by atoms with Crippen LogP contribution in [0.15, 0.2) is 17.0 Å². The Kier molecular flexibility index (Phi) is 3.69. The van der Waals surface area contributed by atoms with E-state index in [1.165, 1.54) is 37.1 Å². The molecule has 0 heterocycles. The van der Waals surface area contributed by atoms with Gasteiger partial charge in [-0.1, -0.05) is 19.3 Å². The predicted molar refractivity (Wildman–Crippen MR) is 63.5 cm³/mol. The van der Waals surface area contributed by atoms with Gasteiger partial charge in [-0.25, -0.2) is 8.78 Å². The maximum atomic E-state index is 13.5. The monoisotopic (exact) mass is 243 g/mol. The first-order chi connectivity index (χ1) is 7.68. The van der Waals surface area contributed by atoms with Crippen LogP contribution in [0.2, 0.25) is 0 Å². The molecular formula is C12H15F2NS. The van der Waals surface area contributed by atoms with Gasteiger partial charge in [0.1, 0.15) is 0 Å². The quantitative estimate of drug-likeness (QED) is 0.795. The average molecular weight is 243 g/mol. The lowest BCUT2D eigenvalue weighted by Gasteiger charge is -2.21. The van der Waals surface area contributed by atoms with E-state index in [0.717, 1.165) is 18.9 Å². The van der Waals surface area contributed by atoms with E-state index in [4.69, 9.17) is 5.73 Å². The van der Waals surface area contributed by atoms with E-state index >= 15 is 0 Å². The number of anilines is 1. The van der Waals surface area contributed by atoms with Gasteiger partial charge in [0, 0.05) is 10.9 Å². The SMILES string of the molecule is Nc1ccc(F)c(F)c1SC1CCCCC1. The Bertz CT molecular complexity index is 376. The van der Waals surface area contributed by atoms with Crippen LogP contribution in [0, 0.1) is 11.6 Å². The molecule has 2 N–H and O–H groups in total. The lowest BCUT2D eigenvalue weighted by Crippen LogP contribution is -2.09. The summed E-state index contributed by atoms with van der Waals surface area (Å²) >= 11 is 1.39. The van der Waals surface area contributed by atoms with Crippen molar-refractivity contribution in [2.24, 2.45) is 0 Å². The number of rotatable bonds is 2. The second-order valence-corrected chi connectivity index (χ2v) is 5.47. The van der Waals surface area contributed by atoms with Crippen molar-refractivity contribution in [3.8, 4) is 0 Å². The first-order valence-electron chi connectivity index (χ1n) is 5.58. The second kappa shape index (κ2) is 5.04. The van der Waals surface area contributed by atoms with Crippen molar-refractivity contribution in [2.75, 3.05) is 5.73 Å². The van der Waals surface area contributed by atoms with Gasteiger partial charge in [-0.2, -0.15) is 0 Å². The summed E-state index contributed by atoms with van der Waals surface area (Å²) in [4.78, 5) is 0.284. The molecule has 0 radical (unpaired) electrons. The minimum atomic E-state index is -0.812.